The van der Waals surface area contributed by atoms with Crippen molar-refractivity contribution in [2.24, 2.45) is 11.8 Å². The van der Waals surface area contributed by atoms with Crippen LogP contribution in [0.25, 0.3) is 0 Å². The fourth-order valence-electron chi connectivity index (χ4n) is 2.58. The first-order chi connectivity index (χ1) is 10.4. The Morgan fingerprint density at radius 3 is 2.41 bits per heavy atom. The number of alkyl halides is 3. The van der Waals surface area contributed by atoms with Crippen molar-refractivity contribution in [1.29, 1.82) is 0 Å². The largest absolute Gasteiger partial charge is 0.522 e. The predicted octanol–water partition coefficient (Wildman–Crippen LogP) is 5.44. The third-order valence-electron chi connectivity index (χ3n) is 4.02. The van der Waals surface area contributed by atoms with Crippen molar-refractivity contribution in [2.45, 2.75) is 52.3 Å². The molecule has 0 amide bonds. The van der Waals surface area contributed by atoms with E-state index >= 15 is 0 Å². The lowest BCUT2D eigenvalue weighted by Crippen LogP contribution is -2.22. The first-order valence-corrected chi connectivity index (χ1v) is 8.69. The highest BCUT2D eigenvalue weighted by Gasteiger charge is 2.28. The van der Waals surface area contributed by atoms with Crippen molar-refractivity contribution in [3.63, 3.8) is 0 Å². The first kappa shape index (κ1) is 19.6. The summed E-state index contributed by atoms with van der Waals surface area (Å²) < 4.78 is 42.5. The van der Waals surface area contributed by atoms with Gasteiger partial charge >= 0.3 is 6.36 Å². The summed E-state index contributed by atoms with van der Waals surface area (Å²) in [6, 6.07) is 0. The molecule has 0 aromatic rings. The number of nitrogens with one attached hydrogen (secondary N) is 1. The summed E-state index contributed by atoms with van der Waals surface area (Å²) >= 11 is 1.47. The lowest BCUT2D eigenvalue weighted by Gasteiger charge is -2.27. The molecule has 0 atom stereocenters. The van der Waals surface area contributed by atoms with Gasteiger partial charge in [-0.1, -0.05) is 38.3 Å². The summed E-state index contributed by atoms with van der Waals surface area (Å²) in [6.45, 7) is 4.62. The molecule has 0 aromatic heterocycles. The quantitative estimate of drug-likeness (QED) is 0.471. The summed E-state index contributed by atoms with van der Waals surface area (Å²) in [5.41, 5.74) is 0. The van der Waals surface area contributed by atoms with Crippen LogP contribution in [0.1, 0.15) is 46.0 Å². The summed E-state index contributed by atoms with van der Waals surface area (Å²) in [5.74, 6) is 1.61. The van der Waals surface area contributed by atoms with Crippen LogP contribution in [0.5, 0.6) is 0 Å². The second-order valence-corrected chi connectivity index (χ2v) is 6.56. The van der Waals surface area contributed by atoms with E-state index in [0.717, 1.165) is 17.4 Å². The van der Waals surface area contributed by atoms with Gasteiger partial charge in [-0.15, -0.1) is 13.2 Å². The number of rotatable bonds is 8. The van der Waals surface area contributed by atoms with Crippen LogP contribution in [0.4, 0.5) is 13.2 Å². The molecule has 0 spiro atoms. The molecule has 0 unspecified atom stereocenters. The highest BCUT2D eigenvalue weighted by atomic mass is 32.2. The van der Waals surface area contributed by atoms with Crippen molar-refractivity contribution >= 4 is 11.9 Å². The van der Waals surface area contributed by atoms with E-state index in [0.29, 0.717) is 5.92 Å². The van der Waals surface area contributed by atoms with Crippen LogP contribution in [0.3, 0.4) is 0 Å². The van der Waals surface area contributed by atoms with Crippen LogP contribution >= 0.6 is 11.9 Å². The Morgan fingerprint density at radius 2 is 1.86 bits per heavy atom. The molecule has 1 saturated carbocycles. The Balaban J connectivity index is 2.18. The maximum absolute atomic E-state index is 11.8. The zero-order valence-corrected chi connectivity index (χ0v) is 14.1. The van der Waals surface area contributed by atoms with Crippen molar-refractivity contribution in [2.75, 3.05) is 13.2 Å². The van der Waals surface area contributed by atoms with E-state index in [1.807, 2.05) is 13.0 Å². The second kappa shape index (κ2) is 10.3. The Kier molecular flexibility index (Phi) is 9.21. The summed E-state index contributed by atoms with van der Waals surface area (Å²) in [6.07, 6.45) is 6.79. The molecule has 0 aromatic carbocycles. The van der Waals surface area contributed by atoms with E-state index in [9.17, 15) is 13.2 Å². The van der Waals surface area contributed by atoms with E-state index in [1.165, 1.54) is 50.1 Å². The van der Waals surface area contributed by atoms with Crippen LogP contribution in [0.2, 0.25) is 0 Å². The van der Waals surface area contributed by atoms with Gasteiger partial charge in [0, 0.05) is 11.4 Å². The minimum absolute atomic E-state index is 0.456. The normalized spacial score (nSPS) is 24.1. The Labute approximate surface area is 135 Å². The monoisotopic (exact) mass is 337 g/mol. The molecule has 0 heterocycles. The maximum atomic E-state index is 11.8. The average Bonchev–Trinajstić information content (AvgIpc) is 2.49. The molecule has 6 heteroatoms. The SMILES string of the molecule is C/C=C(\C=C/COC(F)(F)F)SNCC1CCC(CC)CC1. The summed E-state index contributed by atoms with van der Waals surface area (Å²) in [4.78, 5) is 0.896. The molecule has 1 fully saturated rings. The fraction of sp³-hybridized carbons (Fsp3) is 0.750. The minimum atomic E-state index is -4.57. The molecular weight excluding hydrogens is 311 g/mol. The lowest BCUT2D eigenvalue weighted by molar-refractivity contribution is -0.319. The van der Waals surface area contributed by atoms with Gasteiger partial charge in [0.1, 0.15) is 0 Å². The van der Waals surface area contributed by atoms with Gasteiger partial charge in [0.25, 0.3) is 0 Å². The number of halogens is 3. The highest BCUT2D eigenvalue weighted by Crippen LogP contribution is 2.30. The molecule has 0 bridgehead atoms. The summed E-state index contributed by atoms with van der Waals surface area (Å²) in [5, 5.41) is 0. The zero-order chi connectivity index (χ0) is 16.4. The molecule has 22 heavy (non-hydrogen) atoms. The average molecular weight is 337 g/mol. The molecule has 0 aliphatic heterocycles. The molecule has 1 N–H and O–H groups in total. The van der Waals surface area contributed by atoms with Crippen molar-refractivity contribution in [3.05, 3.63) is 23.1 Å². The third kappa shape index (κ3) is 8.86. The molecule has 0 saturated heterocycles. The number of ether oxygens (including phenoxy) is 1. The minimum Gasteiger partial charge on any atom is -0.288 e. The molecule has 1 aliphatic rings. The van der Waals surface area contributed by atoms with Gasteiger partial charge in [-0.05, 0) is 49.6 Å². The number of hydrogen-bond donors (Lipinski definition) is 1. The highest BCUT2D eigenvalue weighted by molar-refractivity contribution is 8.01. The van der Waals surface area contributed by atoms with Crippen molar-refractivity contribution < 1.29 is 17.9 Å². The van der Waals surface area contributed by atoms with E-state index in [4.69, 9.17) is 0 Å². The standard InChI is InChI=1S/C16H26F3NOS/c1-3-13-7-9-14(10-8-13)12-20-22-15(4-2)6-5-11-21-16(17,18)19/h4-6,13-14,20H,3,7-12H2,1-2H3/b6-5-,15-4+. The predicted molar refractivity (Wildman–Crippen MR) is 86.2 cm³/mol. The van der Waals surface area contributed by atoms with Gasteiger partial charge in [-0.25, -0.2) is 0 Å². The number of hydrogen-bond acceptors (Lipinski definition) is 3. The van der Waals surface area contributed by atoms with E-state index < -0.39 is 13.0 Å². The smallest absolute Gasteiger partial charge is 0.288 e. The van der Waals surface area contributed by atoms with Crippen LogP contribution in [0, 0.1) is 11.8 Å². The molecule has 0 radical (unpaired) electrons. The van der Waals surface area contributed by atoms with Crippen molar-refractivity contribution in [3.8, 4) is 0 Å². The van der Waals surface area contributed by atoms with Crippen LogP contribution in [-0.2, 0) is 4.74 Å². The van der Waals surface area contributed by atoms with Crippen molar-refractivity contribution in [1.82, 2.24) is 4.72 Å². The Hall–Kier alpha value is -0.460. The summed E-state index contributed by atoms with van der Waals surface area (Å²) in [7, 11) is 0. The fourth-order valence-corrected chi connectivity index (χ4v) is 3.35. The maximum Gasteiger partial charge on any atom is 0.522 e. The van der Waals surface area contributed by atoms with Gasteiger partial charge in [0.05, 0.1) is 6.61 Å². The zero-order valence-electron chi connectivity index (χ0n) is 13.3. The Bertz CT molecular complexity index is 361. The second-order valence-electron chi connectivity index (χ2n) is 5.60. The van der Waals surface area contributed by atoms with E-state index in [2.05, 4.69) is 16.4 Å². The molecule has 2 nitrogen and oxygen atoms in total. The topological polar surface area (TPSA) is 21.3 Å². The van der Waals surface area contributed by atoms with Gasteiger partial charge in [-0.2, -0.15) is 0 Å². The first-order valence-electron chi connectivity index (χ1n) is 7.87. The van der Waals surface area contributed by atoms with Gasteiger partial charge in [0.15, 0.2) is 0 Å². The molecule has 1 aliphatic carbocycles. The van der Waals surface area contributed by atoms with Crippen LogP contribution in [-0.4, -0.2) is 19.5 Å². The van der Waals surface area contributed by atoms with Gasteiger partial charge in [0.2, 0.25) is 0 Å². The lowest BCUT2D eigenvalue weighted by atomic mass is 9.81. The van der Waals surface area contributed by atoms with E-state index in [1.54, 1.807) is 6.08 Å². The van der Waals surface area contributed by atoms with Gasteiger partial charge < -0.3 is 0 Å². The van der Waals surface area contributed by atoms with Crippen LogP contribution in [0.15, 0.2) is 23.1 Å². The van der Waals surface area contributed by atoms with Crippen LogP contribution < -0.4 is 4.72 Å². The molecular formula is C16H26F3NOS. The number of allylic oxidation sites excluding steroid dienone is 2. The van der Waals surface area contributed by atoms with E-state index in [-0.39, 0.29) is 0 Å². The van der Waals surface area contributed by atoms with Gasteiger partial charge in [-0.3, -0.25) is 9.46 Å². The molecule has 1 rings (SSSR count). The Morgan fingerprint density at radius 1 is 1.23 bits per heavy atom. The molecule has 128 valence electrons. The third-order valence-corrected chi connectivity index (χ3v) is 4.93.